The van der Waals surface area contributed by atoms with Crippen LogP contribution in [-0.2, 0) is 4.79 Å². The second-order valence-electron chi connectivity index (χ2n) is 1.62. The van der Waals surface area contributed by atoms with Gasteiger partial charge in [0.25, 0.3) is 5.91 Å². The summed E-state index contributed by atoms with van der Waals surface area (Å²) in [5.41, 5.74) is 5.26. The summed E-state index contributed by atoms with van der Waals surface area (Å²) < 4.78 is 0. The largest absolute Gasteiger partial charge is 0.378 e. The molecule has 0 radical (unpaired) electrons. The Balaban J connectivity index is 2.82. The molecule has 52 valence electrons. The lowest BCUT2D eigenvalue weighted by molar-refractivity contribution is -0.113. The Hall–Kier alpha value is -1.03. The average molecular weight is 154 g/mol. The van der Waals surface area contributed by atoms with E-state index in [4.69, 9.17) is 5.73 Å². The molecule has 1 heterocycles. The molecule has 3 nitrogen and oxygen atoms in total. The van der Waals surface area contributed by atoms with Crippen LogP contribution in [0.3, 0.4) is 0 Å². The van der Waals surface area contributed by atoms with Crippen molar-refractivity contribution >= 4 is 22.8 Å². The second kappa shape index (κ2) is 2.70. The standard InChI is InChI=1S/C6H6N2OS/c1-2-3-4-5(9)8-6(7)10-4/h2-3H,1H2,(H2,7,8,9)/b4-3+. The normalized spacial score (nSPS) is 21.4. The number of amides is 1. The minimum Gasteiger partial charge on any atom is -0.378 e. The number of hydrogen-bond donors (Lipinski definition) is 1. The van der Waals surface area contributed by atoms with E-state index in [1.807, 2.05) is 0 Å². The van der Waals surface area contributed by atoms with E-state index in [1.54, 1.807) is 6.08 Å². The molecule has 2 N–H and O–H groups in total. The zero-order chi connectivity index (χ0) is 7.56. The lowest BCUT2D eigenvalue weighted by atomic mass is 10.5. The van der Waals surface area contributed by atoms with Gasteiger partial charge in [-0.25, -0.2) is 0 Å². The molecule has 0 atom stereocenters. The average Bonchev–Trinajstić information content (AvgIpc) is 2.13. The molecule has 0 aliphatic carbocycles. The Morgan fingerprint density at radius 2 is 2.40 bits per heavy atom. The van der Waals surface area contributed by atoms with Crippen LogP contribution in [0.4, 0.5) is 0 Å². The van der Waals surface area contributed by atoms with Crippen molar-refractivity contribution in [2.75, 3.05) is 0 Å². The Morgan fingerprint density at radius 3 is 2.80 bits per heavy atom. The lowest BCUT2D eigenvalue weighted by Crippen LogP contribution is -2.01. The summed E-state index contributed by atoms with van der Waals surface area (Å²) in [6.45, 7) is 3.45. The fourth-order valence-corrected chi connectivity index (χ4v) is 1.20. The maximum absolute atomic E-state index is 10.8. The first-order chi connectivity index (χ1) is 4.74. The zero-order valence-corrected chi connectivity index (χ0v) is 6.02. The predicted octanol–water partition coefficient (Wildman–Crippen LogP) is 0.644. The molecular weight excluding hydrogens is 148 g/mol. The quantitative estimate of drug-likeness (QED) is 0.564. The Bertz CT molecular complexity index is 242. The van der Waals surface area contributed by atoms with Gasteiger partial charge in [-0.3, -0.25) is 4.79 Å². The summed E-state index contributed by atoms with van der Waals surface area (Å²) in [7, 11) is 0. The van der Waals surface area contributed by atoms with Gasteiger partial charge in [0.1, 0.15) is 0 Å². The molecule has 4 heteroatoms. The minimum atomic E-state index is -0.276. The number of aliphatic imine (C=N–C) groups is 1. The van der Waals surface area contributed by atoms with Crippen molar-refractivity contribution in [1.29, 1.82) is 0 Å². The maximum Gasteiger partial charge on any atom is 0.286 e. The van der Waals surface area contributed by atoms with E-state index in [0.29, 0.717) is 10.1 Å². The zero-order valence-electron chi connectivity index (χ0n) is 5.20. The number of carbonyl (C=O) groups excluding carboxylic acids is 1. The van der Waals surface area contributed by atoms with Crippen LogP contribution in [0.15, 0.2) is 28.6 Å². The first kappa shape index (κ1) is 7.08. The number of allylic oxidation sites excluding steroid dienone is 2. The van der Waals surface area contributed by atoms with Crippen LogP contribution in [0.5, 0.6) is 0 Å². The molecule has 0 fully saturated rings. The molecule has 0 aromatic carbocycles. The molecular formula is C6H6N2OS. The first-order valence-corrected chi connectivity index (χ1v) is 3.45. The maximum atomic E-state index is 10.8. The van der Waals surface area contributed by atoms with Gasteiger partial charge in [-0.15, -0.1) is 0 Å². The smallest absolute Gasteiger partial charge is 0.286 e. The van der Waals surface area contributed by atoms with Gasteiger partial charge in [0.2, 0.25) is 0 Å². The molecule has 1 aliphatic rings. The van der Waals surface area contributed by atoms with Crippen LogP contribution < -0.4 is 5.73 Å². The number of thioether (sulfide) groups is 1. The highest BCUT2D eigenvalue weighted by molar-refractivity contribution is 8.18. The van der Waals surface area contributed by atoms with Crippen molar-refractivity contribution in [3.8, 4) is 0 Å². The van der Waals surface area contributed by atoms with E-state index in [2.05, 4.69) is 11.6 Å². The van der Waals surface area contributed by atoms with Gasteiger partial charge in [-0.2, -0.15) is 4.99 Å². The molecule has 0 aromatic heterocycles. The van der Waals surface area contributed by atoms with Crippen LogP contribution in [0.25, 0.3) is 0 Å². The van der Waals surface area contributed by atoms with Crippen molar-refractivity contribution in [1.82, 2.24) is 0 Å². The highest BCUT2D eigenvalue weighted by atomic mass is 32.2. The number of nitrogens with zero attached hydrogens (tertiary/aromatic N) is 1. The number of nitrogens with two attached hydrogens (primary N) is 1. The van der Waals surface area contributed by atoms with Crippen LogP contribution >= 0.6 is 11.8 Å². The van der Waals surface area contributed by atoms with E-state index in [1.165, 1.54) is 17.8 Å². The molecule has 0 saturated carbocycles. The van der Waals surface area contributed by atoms with Gasteiger partial charge in [0, 0.05) is 0 Å². The molecule has 1 amide bonds. The van der Waals surface area contributed by atoms with Gasteiger partial charge < -0.3 is 5.73 Å². The van der Waals surface area contributed by atoms with Crippen molar-refractivity contribution in [3.05, 3.63) is 23.6 Å². The van der Waals surface area contributed by atoms with E-state index in [0.717, 1.165) is 0 Å². The van der Waals surface area contributed by atoms with Gasteiger partial charge in [0.15, 0.2) is 5.17 Å². The molecule has 0 saturated heterocycles. The Labute approximate surface area is 62.7 Å². The van der Waals surface area contributed by atoms with E-state index in [-0.39, 0.29) is 5.91 Å². The third-order valence-corrected chi connectivity index (χ3v) is 1.74. The second-order valence-corrected chi connectivity index (χ2v) is 2.69. The minimum absolute atomic E-state index is 0.276. The number of rotatable bonds is 1. The Kier molecular flexibility index (Phi) is 1.91. The molecule has 0 spiro atoms. The van der Waals surface area contributed by atoms with Gasteiger partial charge in [0.05, 0.1) is 4.91 Å². The van der Waals surface area contributed by atoms with Crippen molar-refractivity contribution < 1.29 is 4.79 Å². The summed E-state index contributed by atoms with van der Waals surface area (Å²) in [6.07, 6.45) is 3.13. The lowest BCUT2D eigenvalue weighted by Gasteiger charge is -1.85. The summed E-state index contributed by atoms with van der Waals surface area (Å²) in [5.74, 6) is -0.276. The summed E-state index contributed by atoms with van der Waals surface area (Å²) in [4.78, 5) is 14.8. The number of carbonyl (C=O) groups is 1. The van der Waals surface area contributed by atoms with E-state index >= 15 is 0 Å². The van der Waals surface area contributed by atoms with Crippen molar-refractivity contribution in [3.63, 3.8) is 0 Å². The van der Waals surface area contributed by atoms with Crippen LogP contribution in [0.1, 0.15) is 0 Å². The highest BCUT2D eigenvalue weighted by Crippen LogP contribution is 2.23. The third-order valence-electron chi connectivity index (χ3n) is 0.906. The third kappa shape index (κ3) is 1.27. The fraction of sp³-hybridized carbons (Fsp3) is 0. The number of amidine groups is 1. The SMILES string of the molecule is C=C/C=C1/SC(N)=NC1=O. The predicted molar refractivity (Wildman–Crippen MR) is 42.5 cm³/mol. The highest BCUT2D eigenvalue weighted by Gasteiger charge is 2.17. The van der Waals surface area contributed by atoms with Crippen molar-refractivity contribution in [2.45, 2.75) is 0 Å². The van der Waals surface area contributed by atoms with Gasteiger partial charge in [-0.1, -0.05) is 12.7 Å². The molecule has 0 bridgehead atoms. The molecule has 1 aliphatic heterocycles. The van der Waals surface area contributed by atoms with E-state index < -0.39 is 0 Å². The van der Waals surface area contributed by atoms with Crippen LogP contribution in [0, 0.1) is 0 Å². The molecule has 1 rings (SSSR count). The van der Waals surface area contributed by atoms with Gasteiger partial charge in [-0.05, 0) is 17.8 Å². The fourth-order valence-electron chi connectivity index (χ4n) is 0.547. The Morgan fingerprint density at radius 1 is 1.70 bits per heavy atom. The first-order valence-electron chi connectivity index (χ1n) is 2.63. The topological polar surface area (TPSA) is 55.4 Å². The monoisotopic (exact) mass is 154 g/mol. The summed E-state index contributed by atoms with van der Waals surface area (Å²) >= 11 is 1.17. The summed E-state index contributed by atoms with van der Waals surface area (Å²) in [6, 6.07) is 0. The van der Waals surface area contributed by atoms with E-state index in [9.17, 15) is 4.79 Å². The van der Waals surface area contributed by atoms with Crippen LogP contribution in [0.2, 0.25) is 0 Å². The van der Waals surface area contributed by atoms with Gasteiger partial charge >= 0.3 is 0 Å². The van der Waals surface area contributed by atoms with Crippen molar-refractivity contribution in [2.24, 2.45) is 10.7 Å². The molecule has 0 aromatic rings. The van der Waals surface area contributed by atoms with Crippen LogP contribution in [-0.4, -0.2) is 11.1 Å². The summed E-state index contributed by atoms with van der Waals surface area (Å²) in [5, 5.41) is 0.304. The molecule has 10 heavy (non-hydrogen) atoms. The molecule has 0 unspecified atom stereocenters. The number of hydrogen-bond acceptors (Lipinski definition) is 3.